The fourth-order valence-electron chi connectivity index (χ4n) is 3.30. The summed E-state index contributed by atoms with van der Waals surface area (Å²) < 4.78 is 28.1. The summed E-state index contributed by atoms with van der Waals surface area (Å²) in [5.74, 6) is 0.463. The smallest absolute Gasteiger partial charge is 0.240 e. The van der Waals surface area contributed by atoms with Gasteiger partial charge in [0.1, 0.15) is 0 Å². The Bertz CT molecular complexity index is 615. The van der Waals surface area contributed by atoms with Crippen molar-refractivity contribution >= 4 is 15.7 Å². The first-order valence-electron chi connectivity index (χ1n) is 7.48. The van der Waals surface area contributed by atoms with Crippen LogP contribution in [0.3, 0.4) is 0 Å². The number of hydrogen-bond acceptors (Lipinski definition) is 4. The van der Waals surface area contributed by atoms with Crippen molar-refractivity contribution < 1.29 is 8.42 Å². The number of benzene rings is 1. The fraction of sp³-hybridized carbons (Fsp3) is 0.600. The average Bonchev–Trinajstić information content (AvgIpc) is 2.85. The summed E-state index contributed by atoms with van der Waals surface area (Å²) >= 11 is 0. The molecule has 2 fully saturated rings. The Morgan fingerprint density at radius 2 is 2.00 bits per heavy atom. The predicted molar refractivity (Wildman–Crippen MR) is 84.0 cm³/mol. The molecule has 1 aromatic rings. The van der Waals surface area contributed by atoms with E-state index in [9.17, 15) is 8.42 Å². The van der Waals surface area contributed by atoms with Gasteiger partial charge in [-0.2, -0.15) is 0 Å². The van der Waals surface area contributed by atoms with Crippen molar-refractivity contribution in [3.63, 3.8) is 0 Å². The molecule has 2 aliphatic rings. The summed E-state index contributed by atoms with van der Waals surface area (Å²) in [4.78, 5) is 4.69. The van der Waals surface area contributed by atoms with Crippen LogP contribution in [0.5, 0.6) is 0 Å². The summed E-state index contributed by atoms with van der Waals surface area (Å²) in [5.41, 5.74) is 0.897. The van der Waals surface area contributed by atoms with Gasteiger partial charge in [0.2, 0.25) is 10.0 Å². The third kappa shape index (κ3) is 3.07. The van der Waals surface area contributed by atoms with Gasteiger partial charge in [-0.25, -0.2) is 13.1 Å². The molecule has 6 heteroatoms. The van der Waals surface area contributed by atoms with E-state index in [1.807, 2.05) is 25.1 Å². The normalized spacial score (nSPS) is 28.6. The van der Waals surface area contributed by atoms with Crippen LogP contribution in [0.1, 0.15) is 12.8 Å². The summed E-state index contributed by atoms with van der Waals surface area (Å²) in [6.45, 7) is 3.14. The van der Waals surface area contributed by atoms with Gasteiger partial charge in [-0.1, -0.05) is 6.07 Å². The lowest BCUT2D eigenvalue weighted by Crippen LogP contribution is -2.46. The minimum absolute atomic E-state index is 0.0803. The third-order valence-electron chi connectivity index (χ3n) is 4.59. The van der Waals surface area contributed by atoms with Crippen molar-refractivity contribution in [2.45, 2.75) is 23.8 Å². The molecule has 3 rings (SSSR count). The molecule has 1 N–H and O–H groups in total. The van der Waals surface area contributed by atoms with Gasteiger partial charge in [-0.05, 0) is 50.0 Å². The Morgan fingerprint density at radius 3 is 2.76 bits per heavy atom. The van der Waals surface area contributed by atoms with Crippen molar-refractivity contribution in [2.24, 2.45) is 5.92 Å². The SMILES string of the molecule is CN(C)c1cccc(S(=O)(=O)NC2CCN3CCC2C3)c1. The number of sulfonamides is 1. The Balaban J connectivity index is 1.79. The van der Waals surface area contributed by atoms with Crippen LogP contribution in [0, 0.1) is 5.92 Å². The zero-order chi connectivity index (χ0) is 15.0. The monoisotopic (exact) mass is 309 g/mol. The highest BCUT2D eigenvalue weighted by Crippen LogP contribution is 2.28. The van der Waals surface area contributed by atoms with Crippen molar-refractivity contribution in [1.29, 1.82) is 0 Å². The standard InChI is InChI=1S/C15H23N3O2S/c1-17(2)13-4-3-5-14(10-13)21(19,20)16-15-7-9-18-8-6-12(15)11-18/h3-5,10,12,15-16H,6-9,11H2,1-2H3. The van der Waals surface area contributed by atoms with E-state index in [1.54, 1.807) is 18.2 Å². The first-order chi connectivity index (χ1) is 9.95. The van der Waals surface area contributed by atoms with Crippen LogP contribution in [0.2, 0.25) is 0 Å². The van der Waals surface area contributed by atoms with E-state index in [2.05, 4.69) is 9.62 Å². The molecule has 0 amide bonds. The summed E-state index contributed by atoms with van der Waals surface area (Å²) in [6, 6.07) is 7.18. The highest BCUT2D eigenvalue weighted by atomic mass is 32.2. The highest BCUT2D eigenvalue weighted by molar-refractivity contribution is 7.89. The van der Waals surface area contributed by atoms with Crippen molar-refractivity contribution in [3.8, 4) is 0 Å². The summed E-state index contributed by atoms with van der Waals surface area (Å²) in [5, 5.41) is 0. The van der Waals surface area contributed by atoms with Gasteiger partial charge in [0, 0.05) is 32.4 Å². The van der Waals surface area contributed by atoms with Gasteiger partial charge < -0.3 is 9.80 Å². The number of rotatable bonds is 4. The molecule has 3 atom stereocenters. The molecule has 0 spiro atoms. The lowest BCUT2D eigenvalue weighted by atomic mass is 9.95. The van der Waals surface area contributed by atoms with Crippen molar-refractivity contribution in [3.05, 3.63) is 24.3 Å². The predicted octanol–water partition coefficient (Wildman–Crippen LogP) is 1.13. The molecule has 5 nitrogen and oxygen atoms in total. The van der Waals surface area contributed by atoms with E-state index in [-0.39, 0.29) is 6.04 Å². The number of hydrogen-bond donors (Lipinski definition) is 1. The Labute approximate surface area is 127 Å². The van der Waals surface area contributed by atoms with Gasteiger partial charge in [0.15, 0.2) is 0 Å². The Morgan fingerprint density at radius 1 is 1.24 bits per heavy atom. The van der Waals surface area contributed by atoms with E-state index in [4.69, 9.17) is 0 Å². The number of anilines is 1. The van der Waals surface area contributed by atoms with E-state index < -0.39 is 10.0 Å². The number of nitrogens with one attached hydrogen (secondary N) is 1. The number of nitrogens with zero attached hydrogens (tertiary/aromatic N) is 2. The first kappa shape index (κ1) is 14.8. The van der Waals surface area contributed by atoms with E-state index in [0.717, 1.165) is 38.2 Å². The maximum absolute atomic E-state index is 12.6. The molecular formula is C15H23N3O2S. The molecule has 2 heterocycles. The van der Waals surface area contributed by atoms with Gasteiger partial charge in [0.05, 0.1) is 4.90 Å². The van der Waals surface area contributed by atoms with Crippen molar-refractivity contribution in [2.75, 3.05) is 38.6 Å². The average molecular weight is 309 g/mol. The van der Waals surface area contributed by atoms with Gasteiger partial charge in [0.25, 0.3) is 0 Å². The van der Waals surface area contributed by atoms with Gasteiger partial charge in [-0.15, -0.1) is 0 Å². The molecule has 2 saturated heterocycles. The first-order valence-corrected chi connectivity index (χ1v) is 8.96. The Hall–Kier alpha value is -1.11. The number of fused-ring (bicyclic) bond motifs is 2. The molecule has 3 unspecified atom stereocenters. The quantitative estimate of drug-likeness (QED) is 0.906. The second-order valence-electron chi connectivity index (χ2n) is 6.26. The molecule has 0 radical (unpaired) electrons. The van der Waals surface area contributed by atoms with Gasteiger partial charge in [-0.3, -0.25) is 0 Å². The highest BCUT2D eigenvalue weighted by Gasteiger charge is 2.36. The molecule has 0 aliphatic carbocycles. The molecule has 1 aromatic carbocycles. The second-order valence-corrected chi connectivity index (χ2v) is 7.97. The minimum Gasteiger partial charge on any atom is -0.378 e. The minimum atomic E-state index is -3.44. The van der Waals surface area contributed by atoms with Crippen LogP contribution in [0.25, 0.3) is 0 Å². The van der Waals surface area contributed by atoms with Crippen LogP contribution >= 0.6 is 0 Å². The second kappa shape index (κ2) is 5.59. The maximum Gasteiger partial charge on any atom is 0.240 e. The molecule has 2 bridgehead atoms. The molecule has 21 heavy (non-hydrogen) atoms. The van der Waals surface area contributed by atoms with Crippen molar-refractivity contribution in [1.82, 2.24) is 9.62 Å². The molecule has 2 aliphatic heterocycles. The largest absolute Gasteiger partial charge is 0.378 e. The number of piperidine rings is 1. The molecule has 116 valence electrons. The van der Waals surface area contributed by atoms with E-state index in [1.165, 1.54) is 0 Å². The van der Waals surface area contributed by atoms with E-state index in [0.29, 0.717) is 10.8 Å². The summed E-state index contributed by atoms with van der Waals surface area (Å²) in [6.07, 6.45) is 2.02. The molecule has 0 aromatic heterocycles. The van der Waals surface area contributed by atoms with Crippen LogP contribution < -0.4 is 9.62 Å². The van der Waals surface area contributed by atoms with Crippen LogP contribution in [0.15, 0.2) is 29.2 Å². The molecular weight excluding hydrogens is 286 g/mol. The Kier molecular flexibility index (Phi) is 3.94. The maximum atomic E-state index is 12.6. The lowest BCUT2D eigenvalue weighted by Gasteiger charge is -2.30. The zero-order valence-corrected chi connectivity index (χ0v) is 13.4. The van der Waals surface area contributed by atoms with Crippen LogP contribution in [-0.4, -0.2) is 53.1 Å². The van der Waals surface area contributed by atoms with Gasteiger partial charge >= 0.3 is 0 Å². The summed E-state index contributed by atoms with van der Waals surface area (Å²) in [7, 11) is 0.385. The zero-order valence-electron chi connectivity index (χ0n) is 12.6. The van der Waals surface area contributed by atoms with Crippen LogP contribution in [-0.2, 0) is 10.0 Å². The topological polar surface area (TPSA) is 52.7 Å². The molecule has 0 saturated carbocycles. The fourth-order valence-corrected chi connectivity index (χ4v) is 4.68. The van der Waals surface area contributed by atoms with Crippen LogP contribution in [0.4, 0.5) is 5.69 Å². The third-order valence-corrected chi connectivity index (χ3v) is 6.07. The van der Waals surface area contributed by atoms with E-state index >= 15 is 0 Å². The lowest BCUT2D eigenvalue weighted by molar-refractivity contribution is 0.236.